The Labute approximate surface area is 160 Å². The molecule has 0 N–H and O–H groups in total. The van der Waals surface area contributed by atoms with E-state index in [1.54, 1.807) is 12.4 Å². The van der Waals surface area contributed by atoms with Crippen molar-refractivity contribution in [2.45, 2.75) is 23.8 Å². The second-order valence-electron chi connectivity index (χ2n) is 5.85. The van der Waals surface area contributed by atoms with E-state index in [1.807, 2.05) is 47.9 Å². The number of nitrogens with zero attached hydrogens (tertiary/aromatic N) is 4. The highest BCUT2D eigenvalue weighted by Gasteiger charge is 2.31. The third kappa shape index (κ3) is 3.52. The van der Waals surface area contributed by atoms with Crippen LogP contribution in [-0.2, 0) is 9.53 Å². The van der Waals surface area contributed by atoms with Crippen LogP contribution in [0.2, 0.25) is 0 Å². The summed E-state index contributed by atoms with van der Waals surface area (Å²) in [5.41, 5.74) is 1.65. The van der Waals surface area contributed by atoms with Gasteiger partial charge in [0.25, 0.3) is 0 Å². The smallest absolute Gasteiger partial charge is 0.319 e. The zero-order valence-electron chi connectivity index (χ0n) is 14.7. The lowest BCUT2D eigenvalue weighted by Gasteiger charge is -2.15. The molecule has 0 radical (unpaired) electrons. The second kappa shape index (κ2) is 7.79. The summed E-state index contributed by atoms with van der Waals surface area (Å²) in [4.78, 5) is 16.1. The Hall–Kier alpha value is -2.87. The van der Waals surface area contributed by atoms with Crippen LogP contribution in [0.3, 0.4) is 0 Å². The van der Waals surface area contributed by atoms with Gasteiger partial charge in [-0.1, -0.05) is 23.9 Å². The number of aromatic nitrogens is 4. The van der Waals surface area contributed by atoms with Crippen molar-refractivity contribution in [1.82, 2.24) is 19.7 Å². The molecule has 3 heterocycles. The normalized spacial score (nSPS) is 16.3. The summed E-state index contributed by atoms with van der Waals surface area (Å²) in [5, 5.41) is 9.06. The third-order valence-electron chi connectivity index (χ3n) is 4.09. The van der Waals surface area contributed by atoms with Gasteiger partial charge in [-0.25, -0.2) is 0 Å². The summed E-state index contributed by atoms with van der Waals surface area (Å²) < 4.78 is 12.8. The van der Waals surface area contributed by atoms with Crippen LogP contribution < -0.4 is 4.74 Å². The van der Waals surface area contributed by atoms with Crippen LogP contribution in [0.1, 0.15) is 13.3 Å². The summed E-state index contributed by atoms with van der Waals surface area (Å²) in [5.74, 6) is 1.15. The van der Waals surface area contributed by atoms with Crippen molar-refractivity contribution in [2.75, 3.05) is 13.2 Å². The maximum Gasteiger partial charge on any atom is 0.319 e. The number of carbonyl (C=O) groups excluding carboxylic acids is 1. The van der Waals surface area contributed by atoms with Crippen LogP contribution in [0.5, 0.6) is 5.75 Å². The Kier molecular flexibility index (Phi) is 5.06. The maximum absolute atomic E-state index is 11.9. The number of hydrogen-bond acceptors (Lipinski definition) is 7. The SMILES string of the molecule is CCOc1ccccc1-n1c(S[C@H]2CCOC2=O)nnc1-c1cccnc1. The molecule has 8 heteroatoms. The molecule has 1 fully saturated rings. The molecule has 0 bridgehead atoms. The zero-order chi connectivity index (χ0) is 18.6. The molecule has 1 saturated heterocycles. The number of pyridine rings is 1. The minimum atomic E-state index is -0.283. The van der Waals surface area contributed by atoms with Crippen LogP contribution in [-0.4, -0.2) is 44.2 Å². The highest BCUT2D eigenvalue weighted by molar-refractivity contribution is 8.00. The number of ether oxygens (including phenoxy) is 2. The van der Waals surface area contributed by atoms with Gasteiger partial charge in [0, 0.05) is 24.4 Å². The van der Waals surface area contributed by atoms with Crippen molar-refractivity contribution in [3.8, 4) is 22.8 Å². The minimum Gasteiger partial charge on any atom is -0.492 e. The standard InChI is InChI=1S/C19H18N4O3S/c1-2-25-15-8-4-3-7-14(15)23-17(13-6-5-10-20-12-13)21-22-19(23)27-16-9-11-26-18(16)24/h3-8,10,12,16H,2,9,11H2,1H3/t16-/m0/s1. The van der Waals surface area contributed by atoms with Crippen LogP contribution in [0.4, 0.5) is 0 Å². The average Bonchev–Trinajstić information content (AvgIpc) is 3.30. The van der Waals surface area contributed by atoms with Gasteiger partial charge in [0.05, 0.1) is 18.9 Å². The first-order valence-corrected chi connectivity index (χ1v) is 9.57. The molecule has 0 amide bonds. The monoisotopic (exact) mass is 382 g/mol. The molecular formula is C19H18N4O3S. The summed E-state index contributed by atoms with van der Waals surface area (Å²) in [6, 6.07) is 11.5. The number of carbonyl (C=O) groups is 1. The van der Waals surface area contributed by atoms with E-state index in [0.29, 0.717) is 30.6 Å². The van der Waals surface area contributed by atoms with E-state index in [0.717, 1.165) is 17.0 Å². The molecule has 138 valence electrons. The van der Waals surface area contributed by atoms with E-state index < -0.39 is 0 Å². The molecule has 1 aliphatic rings. The Morgan fingerprint density at radius 3 is 2.89 bits per heavy atom. The number of esters is 1. The van der Waals surface area contributed by atoms with E-state index in [9.17, 15) is 4.79 Å². The Morgan fingerprint density at radius 2 is 2.15 bits per heavy atom. The molecule has 0 spiro atoms. The molecule has 7 nitrogen and oxygen atoms in total. The summed E-state index contributed by atoms with van der Waals surface area (Å²) >= 11 is 1.36. The van der Waals surface area contributed by atoms with Gasteiger partial charge in [-0.3, -0.25) is 14.3 Å². The number of hydrogen-bond donors (Lipinski definition) is 0. The lowest BCUT2D eigenvalue weighted by molar-refractivity contribution is -0.137. The Balaban J connectivity index is 1.84. The molecule has 0 aliphatic carbocycles. The fraction of sp³-hybridized carbons (Fsp3) is 0.263. The summed E-state index contributed by atoms with van der Waals surface area (Å²) in [6.07, 6.45) is 4.11. The highest BCUT2D eigenvalue weighted by Crippen LogP contribution is 2.35. The van der Waals surface area contributed by atoms with Crippen molar-refractivity contribution in [3.05, 3.63) is 48.8 Å². The summed E-state index contributed by atoms with van der Waals surface area (Å²) in [7, 11) is 0. The predicted octanol–water partition coefficient (Wildman–Crippen LogP) is 3.14. The summed E-state index contributed by atoms with van der Waals surface area (Å²) in [6.45, 7) is 2.92. The van der Waals surface area contributed by atoms with Gasteiger partial charge in [0.1, 0.15) is 11.0 Å². The zero-order valence-corrected chi connectivity index (χ0v) is 15.6. The first-order valence-electron chi connectivity index (χ1n) is 8.69. The molecular weight excluding hydrogens is 364 g/mol. The minimum absolute atomic E-state index is 0.212. The van der Waals surface area contributed by atoms with E-state index in [1.165, 1.54) is 11.8 Å². The molecule has 0 saturated carbocycles. The van der Waals surface area contributed by atoms with Crippen LogP contribution in [0.25, 0.3) is 17.1 Å². The van der Waals surface area contributed by atoms with Gasteiger partial charge in [0.2, 0.25) is 0 Å². The number of para-hydroxylation sites is 2. The van der Waals surface area contributed by atoms with Gasteiger partial charge >= 0.3 is 5.97 Å². The van der Waals surface area contributed by atoms with Gasteiger partial charge in [0.15, 0.2) is 11.0 Å². The van der Waals surface area contributed by atoms with E-state index in [-0.39, 0.29) is 11.2 Å². The van der Waals surface area contributed by atoms with Gasteiger partial charge in [-0.15, -0.1) is 10.2 Å². The molecule has 1 aromatic carbocycles. The first kappa shape index (κ1) is 17.5. The average molecular weight is 382 g/mol. The predicted molar refractivity (Wildman–Crippen MR) is 101 cm³/mol. The van der Waals surface area contributed by atoms with Crippen molar-refractivity contribution in [1.29, 1.82) is 0 Å². The number of benzene rings is 1. The fourth-order valence-electron chi connectivity index (χ4n) is 2.88. The van der Waals surface area contributed by atoms with Gasteiger partial charge in [-0.05, 0) is 31.2 Å². The van der Waals surface area contributed by atoms with Gasteiger partial charge in [-0.2, -0.15) is 0 Å². The number of cyclic esters (lactones) is 1. The molecule has 4 rings (SSSR count). The van der Waals surface area contributed by atoms with Crippen LogP contribution in [0, 0.1) is 0 Å². The number of rotatable bonds is 6. The van der Waals surface area contributed by atoms with E-state index in [4.69, 9.17) is 9.47 Å². The van der Waals surface area contributed by atoms with Crippen molar-refractivity contribution in [2.24, 2.45) is 0 Å². The Morgan fingerprint density at radius 1 is 1.26 bits per heavy atom. The first-order chi connectivity index (χ1) is 13.3. The van der Waals surface area contributed by atoms with E-state index in [2.05, 4.69) is 15.2 Å². The maximum atomic E-state index is 11.9. The van der Waals surface area contributed by atoms with Crippen molar-refractivity contribution >= 4 is 17.7 Å². The lowest BCUT2D eigenvalue weighted by atomic mass is 10.2. The molecule has 1 aliphatic heterocycles. The topological polar surface area (TPSA) is 79.1 Å². The molecule has 2 aromatic heterocycles. The Bertz CT molecular complexity index is 945. The van der Waals surface area contributed by atoms with Crippen LogP contribution >= 0.6 is 11.8 Å². The molecule has 27 heavy (non-hydrogen) atoms. The third-order valence-corrected chi connectivity index (χ3v) is 5.28. The fourth-order valence-corrected chi connectivity index (χ4v) is 3.89. The molecule has 1 atom stereocenters. The quantitative estimate of drug-likeness (QED) is 0.606. The molecule has 3 aromatic rings. The largest absolute Gasteiger partial charge is 0.492 e. The van der Waals surface area contributed by atoms with Crippen LogP contribution in [0.15, 0.2) is 53.9 Å². The van der Waals surface area contributed by atoms with E-state index >= 15 is 0 Å². The lowest BCUT2D eigenvalue weighted by Crippen LogP contribution is -2.11. The molecule has 0 unspecified atom stereocenters. The highest BCUT2D eigenvalue weighted by atomic mass is 32.2. The van der Waals surface area contributed by atoms with Gasteiger partial charge < -0.3 is 9.47 Å². The van der Waals surface area contributed by atoms with Crippen molar-refractivity contribution in [3.63, 3.8) is 0 Å². The number of thioether (sulfide) groups is 1. The van der Waals surface area contributed by atoms with Crippen molar-refractivity contribution < 1.29 is 14.3 Å². The second-order valence-corrected chi connectivity index (χ2v) is 7.02.